The highest BCUT2D eigenvalue weighted by atomic mass is 19.4. The maximum atomic E-state index is 12.5. The van der Waals surface area contributed by atoms with Crippen molar-refractivity contribution in [1.82, 2.24) is 4.98 Å². The molecule has 0 atom stereocenters. The minimum Gasteiger partial charge on any atom is -0.400 e. The van der Waals surface area contributed by atoms with Crippen LogP contribution in [0.3, 0.4) is 0 Å². The average molecular weight is 250 g/mol. The van der Waals surface area contributed by atoms with E-state index in [0.29, 0.717) is 6.20 Å². The van der Waals surface area contributed by atoms with Crippen LogP contribution in [-0.4, -0.2) is 11.3 Å². The van der Waals surface area contributed by atoms with E-state index in [9.17, 15) is 22.4 Å². The summed E-state index contributed by atoms with van der Waals surface area (Å²) in [6.07, 6.45) is -4.68. The van der Waals surface area contributed by atoms with Crippen molar-refractivity contribution in [2.75, 3.05) is 0 Å². The highest BCUT2D eigenvalue weighted by Crippen LogP contribution is 2.20. The fraction of sp³-hybridized carbons (Fsp3) is 0.333. The van der Waals surface area contributed by atoms with Gasteiger partial charge in [-0.25, -0.2) is 4.39 Å². The Kier molecular flexibility index (Phi) is 3.73. The third-order valence-electron chi connectivity index (χ3n) is 1.85. The molecule has 0 fully saturated rings. The van der Waals surface area contributed by atoms with Crippen molar-refractivity contribution in [2.45, 2.75) is 19.5 Å². The molecule has 92 valence electrons. The average Bonchev–Trinajstić information content (AvgIpc) is 2.21. The van der Waals surface area contributed by atoms with Gasteiger partial charge in [-0.15, -0.1) is 13.2 Å². The van der Waals surface area contributed by atoms with Crippen molar-refractivity contribution in [2.24, 2.45) is 0 Å². The Morgan fingerprint density at radius 2 is 2.12 bits per heavy atom. The van der Waals surface area contributed by atoms with Crippen molar-refractivity contribution in [1.29, 1.82) is 5.26 Å². The number of hydrogen-bond acceptors (Lipinski definition) is 3. The van der Waals surface area contributed by atoms with E-state index >= 15 is 0 Å². The summed E-state index contributed by atoms with van der Waals surface area (Å²) in [6.45, 7) is -1.28. The largest absolute Gasteiger partial charge is 0.573 e. The number of nitrogens with zero attached hydrogens (tertiary/aromatic N) is 1. The van der Waals surface area contributed by atoms with Gasteiger partial charge in [0.15, 0.2) is 5.75 Å². The Hall–Kier alpha value is -2.04. The molecule has 1 N–H and O–H groups in total. The second kappa shape index (κ2) is 4.86. The molecule has 0 saturated heterocycles. The molecule has 0 radical (unpaired) electrons. The summed E-state index contributed by atoms with van der Waals surface area (Å²) in [4.78, 5) is 13.6. The first-order valence-electron chi connectivity index (χ1n) is 4.31. The molecule has 0 aromatic carbocycles. The summed E-state index contributed by atoms with van der Waals surface area (Å²) >= 11 is 0. The zero-order chi connectivity index (χ0) is 13.1. The molecule has 0 aliphatic heterocycles. The summed E-state index contributed by atoms with van der Waals surface area (Å²) in [5.74, 6) is -1.05. The number of hydrogen-bond donors (Lipinski definition) is 1. The summed E-state index contributed by atoms with van der Waals surface area (Å²) in [5, 5.41) is 8.38. The Morgan fingerprint density at radius 3 is 2.59 bits per heavy atom. The molecule has 0 spiro atoms. The molecule has 0 aliphatic rings. The van der Waals surface area contributed by atoms with Gasteiger partial charge in [0.25, 0.3) is 0 Å². The van der Waals surface area contributed by atoms with E-state index in [1.165, 1.54) is 0 Å². The maximum Gasteiger partial charge on any atom is 0.573 e. The number of pyridine rings is 1. The van der Waals surface area contributed by atoms with E-state index in [-0.39, 0.29) is 12.1 Å². The topological polar surface area (TPSA) is 65.9 Å². The number of alkyl halides is 4. The first-order chi connectivity index (χ1) is 7.89. The summed E-state index contributed by atoms with van der Waals surface area (Å²) in [6, 6.07) is 1.65. The molecule has 1 rings (SSSR count). The van der Waals surface area contributed by atoms with Crippen molar-refractivity contribution in [3.8, 4) is 11.8 Å². The Bertz CT molecular complexity index is 501. The highest BCUT2D eigenvalue weighted by Gasteiger charge is 2.32. The lowest BCUT2D eigenvalue weighted by atomic mass is 10.1. The molecule has 0 unspecified atom stereocenters. The van der Waals surface area contributed by atoms with Crippen LogP contribution >= 0.6 is 0 Å². The molecule has 1 heterocycles. The summed E-state index contributed by atoms with van der Waals surface area (Å²) in [5.41, 5.74) is -1.81. The van der Waals surface area contributed by atoms with E-state index in [2.05, 4.69) is 9.72 Å². The first kappa shape index (κ1) is 13.0. The first-order valence-corrected chi connectivity index (χ1v) is 4.31. The fourth-order valence-electron chi connectivity index (χ4n) is 1.17. The number of aromatic nitrogens is 1. The van der Waals surface area contributed by atoms with Gasteiger partial charge in [0.05, 0.1) is 18.1 Å². The maximum absolute atomic E-state index is 12.5. The molecule has 0 aliphatic carbocycles. The Labute approximate surface area is 92.4 Å². The second-order valence-corrected chi connectivity index (χ2v) is 2.96. The minimum absolute atomic E-state index is 0.0606. The SMILES string of the molecule is N#CCc1[nH]cc(OC(F)(F)F)c(=O)c1CF. The zero-order valence-corrected chi connectivity index (χ0v) is 8.27. The van der Waals surface area contributed by atoms with Crippen molar-refractivity contribution >= 4 is 0 Å². The summed E-state index contributed by atoms with van der Waals surface area (Å²) < 4.78 is 51.6. The smallest absolute Gasteiger partial charge is 0.400 e. The molecule has 1 aromatic heterocycles. The molecule has 1 aromatic rings. The van der Waals surface area contributed by atoms with Crippen LogP contribution in [0.2, 0.25) is 0 Å². The van der Waals surface area contributed by atoms with Gasteiger partial charge >= 0.3 is 6.36 Å². The number of nitrogens with one attached hydrogen (secondary N) is 1. The van der Waals surface area contributed by atoms with Crippen LogP contribution in [0.25, 0.3) is 0 Å². The molecule has 0 bridgehead atoms. The van der Waals surface area contributed by atoms with Crippen LogP contribution in [0.4, 0.5) is 17.6 Å². The minimum atomic E-state index is -5.03. The second-order valence-electron chi connectivity index (χ2n) is 2.96. The Morgan fingerprint density at radius 1 is 1.47 bits per heavy atom. The molecular formula is C9H6F4N2O2. The number of ether oxygens (including phenoxy) is 1. The van der Waals surface area contributed by atoms with Gasteiger partial charge in [0.1, 0.15) is 6.67 Å². The van der Waals surface area contributed by atoms with E-state index in [0.717, 1.165) is 0 Å². The quantitative estimate of drug-likeness (QED) is 0.832. The normalized spacial score (nSPS) is 11.0. The van der Waals surface area contributed by atoms with Gasteiger partial charge in [-0.3, -0.25) is 4.79 Å². The number of H-pyrrole nitrogens is 1. The molecule has 0 amide bonds. The fourth-order valence-corrected chi connectivity index (χ4v) is 1.17. The van der Waals surface area contributed by atoms with E-state index in [4.69, 9.17) is 5.26 Å². The van der Waals surface area contributed by atoms with Gasteiger partial charge in [-0.2, -0.15) is 5.26 Å². The van der Waals surface area contributed by atoms with Crippen LogP contribution in [0, 0.1) is 11.3 Å². The number of aromatic amines is 1. The van der Waals surface area contributed by atoms with E-state index in [1.807, 2.05) is 0 Å². The standard InChI is InChI=1S/C9H6F4N2O2/c10-3-5-6(1-2-14)15-4-7(8(5)16)17-9(11,12)13/h4H,1,3H2,(H,15,16). The van der Waals surface area contributed by atoms with Crippen LogP contribution in [-0.2, 0) is 13.1 Å². The van der Waals surface area contributed by atoms with Crippen molar-refractivity contribution < 1.29 is 22.3 Å². The third kappa shape index (κ3) is 3.21. The van der Waals surface area contributed by atoms with Crippen molar-refractivity contribution in [3.63, 3.8) is 0 Å². The predicted molar refractivity (Wildman–Crippen MR) is 47.9 cm³/mol. The lowest BCUT2D eigenvalue weighted by Crippen LogP contribution is -2.24. The Balaban J connectivity index is 3.22. The van der Waals surface area contributed by atoms with Crippen LogP contribution in [0.5, 0.6) is 5.75 Å². The number of nitriles is 1. The molecular weight excluding hydrogens is 244 g/mol. The predicted octanol–water partition coefficient (Wildman–Crippen LogP) is 1.81. The summed E-state index contributed by atoms with van der Waals surface area (Å²) in [7, 11) is 0. The van der Waals surface area contributed by atoms with Crippen LogP contribution < -0.4 is 10.2 Å². The number of halogens is 4. The molecule has 17 heavy (non-hydrogen) atoms. The number of rotatable bonds is 3. The van der Waals surface area contributed by atoms with Gasteiger partial charge in [-0.05, 0) is 0 Å². The van der Waals surface area contributed by atoms with Gasteiger partial charge < -0.3 is 9.72 Å². The molecule has 0 saturated carbocycles. The lowest BCUT2D eigenvalue weighted by molar-refractivity contribution is -0.275. The zero-order valence-electron chi connectivity index (χ0n) is 8.27. The highest BCUT2D eigenvalue weighted by molar-refractivity contribution is 5.30. The van der Waals surface area contributed by atoms with Crippen molar-refractivity contribution in [3.05, 3.63) is 27.7 Å². The molecule has 8 heteroatoms. The third-order valence-corrected chi connectivity index (χ3v) is 1.85. The van der Waals surface area contributed by atoms with E-state index < -0.39 is 29.8 Å². The van der Waals surface area contributed by atoms with Gasteiger partial charge in [-0.1, -0.05) is 0 Å². The van der Waals surface area contributed by atoms with Crippen LogP contribution in [0.15, 0.2) is 11.0 Å². The monoisotopic (exact) mass is 250 g/mol. The lowest BCUT2D eigenvalue weighted by Gasteiger charge is -2.10. The van der Waals surface area contributed by atoms with E-state index in [1.54, 1.807) is 6.07 Å². The van der Waals surface area contributed by atoms with Crippen LogP contribution in [0.1, 0.15) is 11.3 Å². The van der Waals surface area contributed by atoms with Gasteiger partial charge in [0.2, 0.25) is 5.43 Å². The van der Waals surface area contributed by atoms with Gasteiger partial charge in [0, 0.05) is 11.9 Å². The molecule has 4 nitrogen and oxygen atoms in total.